The summed E-state index contributed by atoms with van der Waals surface area (Å²) in [6.45, 7) is 3.04. The molecule has 110 valence electrons. The minimum Gasteiger partial charge on any atom is -0.492 e. The number of hydrogen-bond acceptors (Lipinski definition) is 3. The number of benzene rings is 2. The Labute approximate surface area is 128 Å². The summed E-state index contributed by atoms with van der Waals surface area (Å²) in [5.41, 5.74) is 2.22. The lowest BCUT2D eigenvalue weighted by atomic mass is 10.2. The number of carboxylic acids is 1. The minimum absolute atomic E-state index is 0.243. The van der Waals surface area contributed by atoms with Gasteiger partial charge in [-0.2, -0.15) is 0 Å². The van der Waals surface area contributed by atoms with Gasteiger partial charge in [0.1, 0.15) is 12.4 Å². The van der Waals surface area contributed by atoms with Crippen molar-refractivity contribution >= 4 is 23.3 Å². The number of carbonyl (C=O) groups is 1. The molecule has 0 radical (unpaired) electrons. The molecule has 0 spiro atoms. The molecular formula is C16H16ClNO3. The van der Waals surface area contributed by atoms with Gasteiger partial charge in [-0.1, -0.05) is 17.7 Å². The Bertz CT molecular complexity index is 626. The molecule has 0 aliphatic rings. The Kier molecular flexibility index (Phi) is 5.06. The third-order valence-electron chi connectivity index (χ3n) is 2.91. The first-order chi connectivity index (χ1) is 10.1. The summed E-state index contributed by atoms with van der Waals surface area (Å²) >= 11 is 6.11. The van der Waals surface area contributed by atoms with Gasteiger partial charge in [-0.05, 0) is 48.9 Å². The molecule has 2 aromatic carbocycles. The van der Waals surface area contributed by atoms with Gasteiger partial charge in [0.2, 0.25) is 0 Å². The zero-order valence-corrected chi connectivity index (χ0v) is 12.4. The van der Waals surface area contributed by atoms with Gasteiger partial charge in [0.05, 0.1) is 16.3 Å². The second kappa shape index (κ2) is 6.99. The van der Waals surface area contributed by atoms with Gasteiger partial charge in [0.15, 0.2) is 0 Å². The molecule has 2 rings (SSSR count). The van der Waals surface area contributed by atoms with Gasteiger partial charge in [0.25, 0.3) is 0 Å². The lowest BCUT2D eigenvalue weighted by Gasteiger charge is -2.10. The van der Waals surface area contributed by atoms with E-state index in [4.69, 9.17) is 21.4 Å². The highest BCUT2D eigenvalue weighted by atomic mass is 35.5. The first-order valence-electron chi connectivity index (χ1n) is 6.52. The smallest absolute Gasteiger partial charge is 0.335 e. The van der Waals surface area contributed by atoms with Crippen LogP contribution in [-0.2, 0) is 0 Å². The Morgan fingerprint density at radius 2 is 1.95 bits per heavy atom. The monoisotopic (exact) mass is 305 g/mol. The largest absolute Gasteiger partial charge is 0.492 e. The van der Waals surface area contributed by atoms with Crippen LogP contribution in [0.5, 0.6) is 5.75 Å². The predicted octanol–water partition coefficient (Wildman–Crippen LogP) is 3.84. The van der Waals surface area contributed by atoms with E-state index < -0.39 is 5.97 Å². The van der Waals surface area contributed by atoms with Crippen LogP contribution in [0.2, 0.25) is 5.02 Å². The maximum Gasteiger partial charge on any atom is 0.335 e. The lowest BCUT2D eigenvalue weighted by molar-refractivity contribution is 0.0697. The Balaban J connectivity index is 1.80. The van der Waals surface area contributed by atoms with Crippen LogP contribution < -0.4 is 10.1 Å². The molecule has 0 bridgehead atoms. The minimum atomic E-state index is -0.947. The zero-order chi connectivity index (χ0) is 15.2. The van der Waals surface area contributed by atoms with E-state index in [9.17, 15) is 4.79 Å². The molecule has 0 saturated heterocycles. The summed E-state index contributed by atoms with van der Waals surface area (Å²) in [6.07, 6.45) is 0. The molecule has 2 N–H and O–H groups in total. The molecule has 0 fully saturated rings. The van der Waals surface area contributed by atoms with Crippen molar-refractivity contribution in [2.75, 3.05) is 18.5 Å². The summed E-state index contributed by atoms with van der Waals surface area (Å²) < 4.78 is 5.53. The fourth-order valence-corrected chi connectivity index (χ4v) is 2.11. The number of ether oxygens (including phenoxy) is 1. The highest BCUT2D eigenvalue weighted by Crippen LogP contribution is 2.22. The molecule has 0 amide bonds. The van der Waals surface area contributed by atoms with Gasteiger partial charge in [-0.15, -0.1) is 0 Å². The molecule has 21 heavy (non-hydrogen) atoms. The number of hydrogen-bond donors (Lipinski definition) is 2. The summed E-state index contributed by atoms with van der Waals surface area (Å²) in [7, 11) is 0. The van der Waals surface area contributed by atoms with E-state index in [1.54, 1.807) is 12.1 Å². The van der Waals surface area contributed by atoms with Gasteiger partial charge in [0, 0.05) is 6.54 Å². The van der Waals surface area contributed by atoms with E-state index in [0.29, 0.717) is 23.9 Å². The molecule has 5 heteroatoms. The quantitative estimate of drug-likeness (QED) is 0.796. The van der Waals surface area contributed by atoms with Crippen LogP contribution in [0, 0.1) is 6.92 Å². The van der Waals surface area contributed by atoms with E-state index in [1.807, 2.05) is 25.1 Å². The third kappa shape index (κ3) is 4.39. The molecule has 4 nitrogen and oxygen atoms in total. The van der Waals surface area contributed by atoms with Crippen molar-refractivity contribution < 1.29 is 14.6 Å². The van der Waals surface area contributed by atoms with Crippen LogP contribution in [-0.4, -0.2) is 24.2 Å². The second-order valence-corrected chi connectivity index (χ2v) is 5.00. The maximum absolute atomic E-state index is 10.7. The van der Waals surface area contributed by atoms with Crippen molar-refractivity contribution in [3.63, 3.8) is 0 Å². The van der Waals surface area contributed by atoms with Crippen LogP contribution in [0.4, 0.5) is 5.69 Å². The first-order valence-corrected chi connectivity index (χ1v) is 6.90. The standard InChI is InChI=1S/C16H16ClNO3/c1-11-2-7-15(14(17)10-11)18-8-9-21-13-5-3-12(4-6-13)16(19)20/h2-7,10,18H,8-9H2,1H3,(H,19,20). The maximum atomic E-state index is 10.7. The van der Waals surface area contributed by atoms with Gasteiger partial charge >= 0.3 is 5.97 Å². The average molecular weight is 306 g/mol. The fourth-order valence-electron chi connectivity index (χ4n) is 1.81. The number of halogens is 1. The topological polar surface area (TPSA) is 58.6 Å². The van der Waals surface area contributed by atoms with Crippen molar-refractivity contribution in [3.8, 4) is 5.75 Å². The van der Waals surface area contributed by atoms with Crippen LogP contribution in [0.15, 0.2) is 42.5 Å². The van der Waals surface area contributed by atoms with Crippen LogP contribution in [0.25, 0.3) is 0 Å². The molecular weight excluding hydrogens is 290 g/mol. The molecule has 0 saturated carbocycles. The van der Waals surface area contributed by atoms with Crippen LogP contribution >= 0.6 is 11.6 Å². The zero-order valence-electron chi connectivity index (χ0n) is 11.6. The Hall–Kier alpha value is -2.20. The highest BCUT2D eigenvalue weighted by molar-refractivity contribution is 6.33. The summed E-state index contributed by atoms with van der Waals surface area (Å²) in [5, 5.41) is 12.7. The number of anilines is 1. The van der Waals surface area contributed by atoms with Crippen molar-refractivity contribution in [1.29, 1.82) is 0 Å². The van der Waals surface area contributed by atoms with Crippen LogP contribution in [0.3, 0.4) is 0 Å². The van der Waals surface area contributed by atoms with Gasteiger partial charge in [-0.25, -0.2) is 4.79 Å². The first kappa shape index (κ1) is 15.2. The fraction of sp³-hybridized carbons (Fsp3) is 0.188. The highest BCUT2D eigenvalue weighted by Gasteiger charge is 2.02. The normalized spacial score (nSPS) is 10.2. The molecule has 0 aliphatic heterocycles. The number of nitrogens with one attached hydrogen (secondary N) is 1. The predicted molar refractivity (Wildman–Crippen MR) is 83.6 cm³/mol. The number of rotatable bonds is 6. The summed E-state index contributed by atoms with van der Waals surface area (Å²) in [4.78, 5) is 10.7. The van der Waals surface area contributed by atoms with Gasteiger partial charge < -0.3 is 15.2 Å². The average Bonchev–Trinajstić information content (AvgIpc) is 2.46. The molecule has 0 aliphatic carbocycles. The van der Waals surface area contributed by atoms with Crippen molar-refractivity contribution in [1.82, 2.24) is 0 Å². The molecule has 0 heterocycles. The van der Waals surface area contributed by atoms with Crippen LogP contribution in [0.1, 0.15) is 15.9 Å². The lowest BCUT2D eigenvalue weighted by Crippen LogP contribution is -2.11. The Morgan fingerprint density at radius 1 is 1.24 bits per heavy atom. The third-order valence-corrected chi connectivity index (χ3v) is 3.22. The van der Waals surface area contributed by atoms with Crippen molar-refractivity contribution in [2.45, 2.75) is 6.92 Å². The van der Waals surface area contributed by atoms with E-state index >= 15 is 0 Å². The number of carboxylic acid groups (broad SMARTS) is 1. The molecule has 0 atom stereocenters. The second-order valence-electron chi connectivity index (χ2n) is 4.59. The summed E-state index contributed by atoms with van der Waals surface area (Å²) in [6, 6.07) is 12.1. The Morgan fingerprint density at radius 3 is 2.57 bits per heavy atom. The van der Waals surface area contributed by atoms with Gasteiger partial charge in [-0.3, -0.25) is 0 Å². The van der Waals surface area contributed by atoms with E-state index in [1.165, 1.54) is 12.1 Å². The number of aryl methyl sites for hydroxylation is 1. The van der Waals surface area contributed by atoms with E-state index in [-0.39, 0.29) is 5.56 Å². The molecule has 0 aromatic heterocycles. The van der Waals surface area contributed by atoms with E-state index in [0.717, 1.165) is 11.3 Å². The number of aromatic carboxylic acids is 1. The summed E-state index contributed by atoms with van der Waals surface area (Å²) in [5.74, 6) is -0.311. The SMILES string of the molecule is Cc1ccc(NCCOc2ccc(C(=O)O)cc2)c(Cl)c1. The molecule has 0 unspecified atom stereocenters. The molecule has 2 aromatic rings. The van der Waals surface area contributed by atoms with Crippen molar-refractivity contribution in [3.05, 3.63) is 58.6 Å². The van der Waals surface area contributed by atoms with Crippen molar-refractivity contribution in [2.24, 2.45) is 0 Å². The van der Waals surface area contributed by atoms with E-state index in [2.05, 4.69) is 5.32 Å².